The van der Waals surface area contributed by atoms with Crippen LogP contribution in [0.3, 0.4) is 0 Å². The molecule has 0 saturated carbocycles. The first-order valence-electron chi connectivity index (χ1n) is 7.37. The molecule has 0 spiro atoms. The van der Waals surface area contributed by atoms with Gasteiger partial charge in [0.25, 0.3) is 0 Å². The van der Waals surface area contributed by atoms with Gasteiger partial charge in [0, 0.05) is 56.4 Å². The fraction of sp³-hybridized carbons (Fsp3) is 0.353. The van der Waals surface area contributed by atoms with E-state index in [1.54, 1.807) is 0 Å². The summed E-state index contributed by atoms with van der Waals surface area (Å²) in [7, 11) is 0. The number of hydrogen-bond acceptors (Lipinski definition) is 3. The van der Waals surface area contributed by atoms with Gasteiger partial charge in [-0.2, -0.15) is 0 Å². The van der Waals surface area contributed by atoms with Crippen molar-refractivity contribution in [2.75, 3.05) is 31.1 Å². The second kappa shape index (κ2) is 6.92. The zero-order valence-corrected chi connectivity index (χ0v) is 12.8. The average molecular weight is 302 g/mol. The Hall–Kier alpha value is -1.58. The molecule has 2 aromatic rings. The van der Waals surface area contributed by atoms with Gasteiger partial charge in [-0.1, -0.05) is 30.3 Å². The van der Waals surface area contributed by atoms with E-state index < -0.39 is 0 Å². The van der Waals surface area contributed by atoms with Crippen molar-refractivity contribution in [1.29, 1.82) is 0 Å². The van der Waals surface area contributed by atoms with Crippen molar-refractivity contribution in [1.82, 2.24) is 9.88 Å². The van der Waals surface area contributed by atoms with Crippen molar-refractivity contribution in [3.8, 4) is 0 Å². The minimum absolute atomic E-state index is 0.521. The molecule has 0 unspecified atom stereocenters. The molecule has 110 valence electrons. The number of nitrogens with zero attached hydrogens (tertiary/aromatic N) is 3. The van der Waals surface area contributed by atoms with Gasteiger partial charge < -0.3 is 4.90 Å². The Labute approximate surface area is 131 Å². The number of rotatable bonds is 4. The number of hydrogen-bond donors (Lipinski definition) is 0. The van der Waals surface area contributed by atoms with Crippen LogP contribution in [0, 0.1) is 0 Å². The van der Waals surface area contributed by atoms with Gasteiger partial charge in [0.2, 0.25) is 0 Å². The molecule has 0 atom stereocenters. The smallest absolute Gasteiger partial charge is 0.0509 e. The van der Waals surface area contributed by atoms with Crippen LogP contribution in [0.25, 0.3) is 0 Å². The van der Waals surface area contributed by atoms with Gasteiger partial charge in [-0.25, -0.2) is 0 Å². The molecule has 2 heterocycles. The largest absolute Gasteiger partial charge is 0.369 e. The number of aromatic nitrogens is 1. The van der Waals surface area contributed by atoms with Crippen LogP contribution in [0.2, 0.25) is 0 Å². The minimum atomic E-state index is 0.521. The summed E-state index contributed by atoms with van der Waals surface area (Å²) in [4.78, 5) is 9.09. The van der Waals surface area contributed by atoms with Crippen LogP contribution in [0.15, 0.2) is 48.8 Å². The van der Waals surface area contributed by atoms with Crippen LogP contribution < -0.4 is 4.90 Å². The lowest BCUT2D eigenvalue weighted by atomic mass is 10.1. The van der Waals surface area contributed by atoms with E-state index in [1.807, 2.05) is 12.4 Å². The van der Waals surface area contributed by atoms with E-state index in [2.05, 4.69) is 51.2 Å². The van der Waals surface area contributed by atoms with Crippen LogP contribution in [0.1, 0.15) is 11.1 Å². The zero-order chi connectivity index (χ0) is 14.5. The lowest BCUT2D eigenvalue weighted by Crippen LogP contribution is -2.46. The summed E-state index contributed by atoms with van der Waals surface area (Å²) in [5, 5.41) is 0. The van der Waals surface area contributed by atoms with E-state index in [1.165, 1.54) is 11.3 Å². The van der Waals surface area contributed by atoms with Crippen molar-refractivity contribution < 1.29 is 0 Å². The number of alkyl halides is 1. The summed E-state index contributed by atoms with van der Waals surface area (Å²) in [6.45, 7) is 5.28. The second-order valence-electron chi connectivity index (χ2n) is 5.39. The van der Waals surface area contributed by atoms with Gasteiger partial charge in [0.15, 0.2) is 0 Å². The van der Waals surface area contributed by atoms with Crippen LogP contribution in [-0.4, -0.2) is 36.1 Å². The zero-order valence-electron chi connectivity index (χ0n) is 12.1. The fourth-order valence-corrected chi connectivity index (χ4v) is 3.03. The van der Waals surface area contributed by atoms with Crippen molar-refractivity contribution in [3.05, 3.63) is 59.9 Å². The maximum atomic E-state index is 6.01. The summed E-state index contributed by atoms with van der Waals surface area (Å²) in [6.07, 6.45) is 3.72. The van der Waals surface area contributed by atoms with Crippen LogP contribution >= 0.6 is 11.6 Å². The lowest BCUT2D eigenvalue weighted by molar-refractivity contribution is 0.250. The molecule has 3 rings (SSSR count). The highest BCUT2D eigenvalue weighted by molar-refractivity contribution is 6.17. The summed E-state index contributed by atoms with van der Waals surface area (Å²) in [6, 6.07) is 12.7. The molecule has 0 aliphatic carbocycles. The molecule has 1 aromatic heterocycles. The molecule has 1 aliphatic rings. The molecule has 0 N–H and O–H groups in total. The first kappa shape index (κ1) is 14.4. The van der Waals surface area contributed by atoms with E-state index >= 15 is 0 Å². The summed E-state index contributed by atoms with van der Waals surface area (Å²) in [5.41, 5.74) is 3.74. The quantitative estimate of drug-likeness (QED) is 0.809. The Morgan fingerprint density at radius 1 is 1.00 bits per heavy atom. The van der Waals surface area contributed by atoms with Crippen LogP contribution in [-0.2, 0) is 12.4 Å². The van der Waals surface area contributed by atoms with Crippen LogP contribution in [0.4, 0.5) is 5.69 Å². The van der Waals surface area contributed by atoms with Gasteiger partial charge in [-0.05, 0) is 11.6 Å². The van der Waals surface area contributed by atoms with E-state index in [-0.39, 0.29) is 0 Å². The fourth-order valence-electron chi connectivity index (χ4n) is 2.82. The molecular formula is C17H20ClN3. The third kappa shape index (κ3) is 3.55. The molecule has 21 heavy (non-hydrogen) atoms. The number of benzene rings is 1. The van der Waals surface area contributed by atoms with Gasteiger partial charge in [-0.3, -0.25) is 9.88 Å². The molecule has 0 radical (unpaired) electrons. The molecule has 0 amide bonds. The predicted molar refractivity (Wildman–Crippen MR) is 87.7 cm³/mol. The summed E-state index contributed by atoms with van der Waals surface area (Å²) >= 11 is 6.01. The van der Waals surface area contributed by atoms with E-state index in [0.717, 1.165) is 38.3 Å². The van der Waals surface area contributed by atoms with E-state index in [0.29, 0.717) is 5.88 Å². The number of pyridine rings is 1. The van der Waals surface area contributed by atoms with E-state index in [4.69, 9.17) is 11.6 Å². The molecule has 1 aromatic carbocycles. The maximum absolute atomic E-state index is 6.01. The standard InChI is InChI=1S/C17H20ClN3/c18-12-16-13-19-7-6-17(16)21-10-8-20(9-11-21)14-15-4-2-1-3-5-15/h1-7,13H,8-12,14H2. The Morgan fingerprint density at radius 3 is 2.48 bits per heavy atom. The average Bonchev–Trinajstić information content (AvgIpc) is 2.56. The van der Waals surface area contributed by atoms with E-state index in [9.17, 15) is 0 Å². The SMILES string of the molecule is ClCc1cnccc1N1CCN(Cc2ccccc2)CC1. The lowest BCUT2D eigenvalue weighted by Gasteiger charge is -2.36. The Balaban J connectivity index is 1.60. The normalized spacial score (nSPS) is 16.1. The minimum Gasteiger partial charge on any atom is -0.369 e. The molecule has 1 fully saturated rings. The van der Waals surface area contributed by atoms with Gasteiger partial charge >= 0.3 is 0 Å². The molecule has 1 aliphatic heterocycles. The van der Waals surface area contributed by atoms with Gasteiger partial charge in [-0.15, -0.1) is 11.6 Å². The Kier molecular flexibility index (Phi) is 4.73. The second-order valence-corrected chi connectivity index (χ2v) is 5.65. The van der Waals surface area contributed by atoms with Crippen molar-refractivity contribution >= 4 is 17.3 Å². The molecule has 4 heteroatoms. The van der Waals surface area contributed by atoms with Gasteiger partial charge in [0.05, 0.1) is 5.88 Å². The highest BCUT2D eigenvalue weighted by Gasteiger charge is 2.18. The molecule has 1 saturated heterocycles. The molecule has 0 bridgehead atoms. The number of piperazine rings is 1. The highest BCUT2D eigenvalue weighted by Crippen LogP contribution is 2.22. The topological polar surface area (TPSA) is 19.4 Å². The monoisotopic (exact) mass is 301 g/mol. The number of anilines is 1. The van der Waals surface area contributed by atoms with Gasteiger partial charge in [0.1, 0.15) is 0 Å². The predicted octanol–water partition coefficient (Wildman–Crippen LogP) is 3.14. The molecular weight excluding hydrogens is 282 g/mol. The first-order chi connectivity index (χ1) is 10.4. The van der Waals surface area contributed by atoms with Crippen molar-refractivity contribution in [2.24, 2.45) is 0 Å². The van der Waals surface area contributed by atoms with Crippen molar-refractivity contribution in [3.63, 3.8) is 0 Å². The third-order valence-electron chi connectivity index (χ3n) is 3.98. The Morgan fingerprint density at radius 2 is 1.76 bits per heavy atom. The van der Waals surface area contributed by atoms with Crippen molar-refractivity contribution in [2.45, 2.75) is 12.4 Å². The summed E-state index contributed by atoms with van der Waals surface area (Å²) in [5.74, 6) is 0.521. The molecule has 3 nitrogen and oxygen atoms in total. The summed E-state index contributed by atoms with van der Waals surface area (Å²) < 4.78 is 0. The first-order valence-corrected chi connectivity index (χ1v) is 7.90. The Bertz CT molecular complexity index is 565. The third-order valence-corrected chi connectivity index (χ3v) is 4.27. The maximum Gasteiger partial charge on any atom is 0.0509 e. The van der Waals surface area contributed by atoms with Crippen LogP contribution in [0.5, 0.6) is 0 Å². The number of halogens is 1. The highest BCUT2D eigenvalue weighted by atomic mass is 35.5.